The topological polar surface area (TPSA) is 30.5 Å². The highest BCUT2D eigenvalue weighted by Gasteiger charge is 2.60. The van der Waals surface area contributed by atoms with Crippen LogP contribution >= 0.6 is 0 Å². The second-order valence-electron chi connectivity index (χ2n) is 5.88. The van der Waals surface area contributed by atoms with Crippen LogP contribution in [0.2, 0.25) is 0 Å². The number of hydrogen-bond donors (Lipinski definition) is 1. The third-order valence-electron chi connectivity index (χ3n) is 4.39. The summed E-state index contributed by atoms with van der Waals surface area (Å²) < 4.78 is 37.3. The Hall–Kier alpha value is -0.260. The van der Waals surface area contributed by atoms with Crippen LogP contribution in [0.25, 0.3) is 0 Å². The van der Waals surface area contributed by atoms with Crippen LogP contribution in [0.5, 0.6) is 0 Å². The van der Waals surface area contributed by atoms with Gasteiger partial charge in [-0.05, 0) is 6.42 Å². The fourth-order valence-corrected chi connectivity index (χ4v) is 3.47. The molecule has 2 spiro atoms. The van der Waals surface area contributed by atoms with Gasteiger partial charge in [-0.1, -0.05) is 0 Å². The van der Waals surface area contributed by atoms with Gasteiger partial charge in [0.25, 0.3) is 0 Å². The summed E-state index contributed by atoms with van der Waals surface area (Å²) in [5, 5.41) is 3.30. The molecule has 2 saturated heterocycles. The molecule has 0 aromatic heterocycles. The van der Waals surface area contributed by atoms with Crippen LogP contribution in [0, 0.1) is 5.41 Å². The van der Waals surface area contributed by atoms with Crippen LogP contribution in [0.15, 0.2) is 0 Å². The molecule has 17 heavy (non-hydrogen) atoms. The van der Waals surface area contributed by atoms with Crippen molar-refractivity contribution in [2.75, 3.05) is 33.1 Å². The molecular weight excluding hydrogens is 228 g/mol. The highest BCUT2D eigenvalue weighted by atomic mass is 19.1. The van der Waals surface area contributed by atoms with Gasteiger partial charge in [-0.25, -0.2) is 0 Å². The van der Waals surface area contributed by atoms with Crippen molar-refractivity contribution in [2.24, 2.45) is 5.41 Å². The summed E-state index contributed by atoms with van der Waals surface area (Å²) in [7, 11) is 0. The standard InChI is InChI=1S/C12H19F2NO2/c13-7-10(8-14)5-12(6-10)15-3-1-11(17-12)2-4-16-9-11/h15H,1-9H2. The van der Waals surface area contributed by atoms with E-state index in [1.165, 1.54) is 0 Å². The van der Waals surface area contributed by atoms with Crippen molar-refractivity contribution >= 4 is 0 Å². The maximum absolute atomic E-state index is 12.9. The molecule has 0 bridgehead atoms. The smallest absolute Gasteiger partial charge is 0.121 e. The van der Waals surface area contributed by atoms with Gasteiger partial charge in [-0.15, -0.1) is 0 Å². The molecule has 2 heterocycles. The first-order valence-electron chi connectivity index (χ1n) is 6.31. The Balaban J connectivity index is 1.69. The van der Waals surface area contributed by atoms with Crippen LogP contribution in [0.3, 0.4) is 0 Å². The Morgan fingerprint density at radius 2 is 1.88 bits per heavy atom. The molecule has 3 fully saturated rings. The fraction of sp³-hybridized carbons (Fsp3) is 1.00. The first-order chi connectivity index (χ1) is 8.16. The molecule has 1 aliphatic carbocycles. The zero-order valence-electron chi connectivity index (χ0n) is 9.94. The van der Waals surface area contributed by atoms with E-state index < -0.39 is 24.5 Å². The van der Waals surface area contributed by atoms with Gasteiger partial charge < -0.3 is 9.47 Å². The molecule has 2 aliphatic heterocycles. The molecule has 3 nitrogen and oxygen atoms in total. The summed E-state index contributed by atoms with van der Waals surface area (Å²) in [6.07, 6.45) is 2.70. The minimum atomic E-state index is -0.801. The van der Waals surface area contributed by atoms with Crippen LogP contribution < -0.4 is 5.32 Å². The normalized spacial score (nSPS) is 38.5. The number of ether oxygens (including phenoxy) is 2. The van der Waals surface area contributed by atoms with Crippen molar-refractivity contribution in [3.8, 4) is 0 Å². The molecule has 5 heteroatoms. The van der Waals surface area contributed by atoms with Gasteiger partial charge in [0.1, 0.15) is 5.72 Å². The Kier molecular flexibility index (Phi) is 2.69. The zero-order chi connectivity index (χ0) is 12.0. The molecule has 1 unspecified atom stereocenters. The van der Waals surface area contributed by atoms with Crippen LogP contribution in [0.4, 0.5) is 8.78 Å². The molecular formula is C12H19F2NO2. The lowest BCUT2D eigenvalue weighted by molar-refractivity contribution is -0.273. The minimum Gasteiger partial charge on any atom is -0.378 e. The molecule has 0 radical (unpaired) electrons. The predicted octanol–water partition coefficient (Wildman–Crippen LogP) is 1.57. The summed E-state index contributed by atoms with van der Waals surface area (Å²) in [4.78, 5) is 0. The monoisotopic (exact) mass is 247 g/mol. The van der Waals surface area contributed by atoms with Gasteiger partial charge in [-0.2, -0.15) is 0 Å². The van der Waals surface area contributed by atoms with Crippen molar-refractivity contribution in [3.05, 3.63) is 0 Å². The Labute approximate surface area is 99.8 Å². The van der Waals surface area contributed by atoms with Crippen molar-refractivity contribution in [1.82, 2.24) is 5.32 Å². The molecule has 0 amide bonds. The Morgan fingerprint density at radius 3 is 2.47 bits per heavy atom. The summed E-state index contributed by atoms with van der Waals surface area (Å²) in [5.41, 5.74) is -1.50. The first kappa shape index (κ1) is 11.8. The van der Waals surface area contributed by atoms with E-state index in [1.807, 2.05) is 0 Å². The highest BCUT2D eigenvalue weighted by molar-refractivity contribution is 5.08. The lowest BCUT2D eigenvalue weighted by Crippen LogP contribution is -2.69. The van der Waals surface area contributed by atoms with Gasteiger partial charge in [0.2, 0.25) is 0 Å². The molecule has 1 saturated carbocycles. The largest absolute Gasteiger partial charge is 0.378 e. The number of rotatable bonds is 2. The Morgan fingerprint density at radius 1 is 1.12 bits per heavy atom. The fourth-order valence-electron chi connectivity index (χ4n) is 3.47. The molecule has 1 N–H and O–H groups in total. The van der Waals surface area contributed by atoms with Crippen molar-refractivity contribution in [1.29, 1.82) is 0 Å². The number of nitrogens with one attached hydrogen (secondary N) is 1. The maximum atomic E-state index is 12.9. The Bertz CT molecular complexity index is 293. The summed E-state index contributed by atoms with van der Waals surface area (Å²) in [5.74, 6) is 0. The van der Waals surface area contributed by atoms with E-state index in [0.717, 1.165) is 26.0 Å². The van der Waals surface area contributed by atoms with Gasteiger partial charge in [-0.3, -0.25) is 14.1 Å². The zero-order valence-corrected chi connectivity index (χ0v) is 9.94. The van der Waals surface area contributed by atoms with E-state index in [-0.39, 0.29) is 5.60 Å². The quantitative estimate of drug-likeness (QED) is 0.803. The van der Waals surface area contributed by atoms with E-state index in [0.29, 0.717) is 19.4 Å². The van der Waals surface area contributed by atoms with Crippen molar-refractivity contribution in [3.63, 3.8) is 0 Å². The molecule has 98 valence electrons. The van der Waals surface area contributed by atoms with E-state index >= 15 is 0 Å². The predicted molar refractivity (Wildman–Crippen MR) is 58.2 cm³/mol. The second kappa shape index (κ2) is 3.87. The van der Waals surface area contributed by atoms with E-state index in [4.69, 9.17) is 9.47 Å². The summed E-state index contributed by atoms with van der Waals surface area (Å²) in [6, 6.07) is 0. The van der Waals surface area contributed by atoms with Gasteiger partial charge >= 0.3 is 0 Å². The van der Waals surface area contributed by atoms with E-state index in [2.05, 4.69) is 5.32 Å². The number of alkyl halides is 2. The SMILES string of the molecule is FCC1(CF)CC2(C1)NCCC1(CCOC1)O2. The van der Waals surface area contributed by atoms with Gasteiger partial charge in [0.05, 0.1) is 25.6 Å². The second-order valence-corrected chi connectivity index (χ2v) is 5.88. The lowest BCUT2D eigenvalue weighted by Gasteiger charge is -2.59. The van der Waals surface area contributed by atoms with Crippen LogP contribution in [0.1, 0.15) is 25.7 Å². The number of halogens is 2. The molecule has 0 aromatic carbocycles. The molecule has 0 aromatic rings. The summed E-state index contributed by atoms with van der Waals surface area (Å²) >= 11 is 0. The van der Waals surface area contributed by atoms with Crippen molar-refractivity contribution < 1.29 is 18.3 Å². The average molecular weight is 247 g/mol. The third kappa shape index (κ3) is 1.79. The molecule has 3 aliphatic rings. The summed E-state index contributed by atoms with van der Waals surface area (Å²) in [6.45, 7) is 1.000. The number of hydrogen-bond acceptors (Lipinski definition) is 3. The van der Waals surface area contributed by atoms with Gasteiger partial charge in [0.15, 0.2) is 0 Å². The van der Waals surface area contributed by atoms with Crippen molar-refractivity contribution in [2.45, 2.75) is 37.0 Å². The average Bonchev–Trinajstić information content (AvgIpc) is 2.73. The lowest BCUT2D eigenvalue weighted by atomic mass is 9.63. The maximum Gasteiger partial charge on any atom is 0.121 e. The third-order valence-corrected chi connectivity index (χ3v) is 4.39. The first-order valence-corrected chi connectivity index (χ1v) is 6.31. The van der Waals surface area contributed by atoms with Crippen LogP contribution in [-0.2, 0) is 9.47 Å². The highest BCUT2D eigenvalue weighted by Crippen LogP contribution is 2.53. The van der Waals surface area contributed by atoms with Crippen LogP contribution in [-0.4, -0.2) is 44.4 Å². The molecule has 1 atom stereocenters. The van der Waals surface area contributed by atoms with Gasteiger partial charge in [0, 0.05) is 37.8 Å². The molecule has 3 rings (SSSR count). The minimum absolute atomic E-state index is 0.204. The van der Waals surface area contributed by atoms with E-state index in [9.17, 15) is 8.78 Å². The van der Waals surface area contributed by atoms with E-state index in [1.54, 1.807) is 0 Å².